The number of piperazine rings is 1. The summed E-state index contributed by atoms with van der Waals surface area (Å²) in [5.74, 6) is 2.28. The molecule has 4 rings (SSSR count). The normalized spacial score (nSPS) is 16.1. The summed E-state index contributed by atoms with van der Waals surface area (Å²) < 4.78 is 7.51. The second-order valence-corrected chi connectivity index (χ2v) is 8.06. The van der Waals surface area contributed by atoms with Gasteiger partial charge in [-0.05, 0) is 34.0 Å². The molecular formula is C23H30N6O. The SMILES string of the molecule is COc1ccccc1N1CCN([C@@H](c2nnnn2Cc2ccccc2)C(C)C)CC1. The maximum atomic E-state index is 5.56. The van der Waals surface area contributed by atoms with E-state index in [0.29, 0.717) is 12.5 Å². The van der Waals surface area contributed by atoms with Gasteiger partial charge in [-0.1, -0.05) is 56.3 Å². The van der Waals surface area contributed by atoms with E-state index in [1.165, 1.54) is 5.56 Å². The van der Waals surface area contributed by atoms with Crippen LogP contribution < -0.4 is 9.64 Å². The Morgan fingerprint density at radius 1 is 0.933 bits per heavy atom. The molecule has 1 aliphatic rings. The lowest BCUT2D eigenvalue weighted by molar-refractivity contribution is 0.135. The molecule has 7 heteroatoms. The molecule has 2 aromatic carbocycles. The topological polar surface area (TPSA) is 59.3 Å². The maximum absolute atomic E-state index is 5.56. The highest BCUT2D eigenvalue weighted by Gasteiger charge is 2.32. The summed E-state index contributed by atoms with van der Waals surface area (Å²) in [6.07, 6.45) is 0. The molecule has 0 amide bonds. The van der Waals surface area contributed by atoms with E-state index in [1.807, 2.05) is 22.9 Å². The van der Waals surface area contributed by atoms with Crippen molar-refractivity contribution in [3.63, 3.8) is 0 Å². The first-order chi connectivity index (χ1) is 14.7. The van der Waals surface area contributed by atoms with E-state index in [0.717, 1.165) is 43.4 Å². The highest BCUT2D eigenvalue weighted by atomic mass is 16.5. The quantitative estimate of drug-likeness (QED) is 0.600. The Morgan fingerprint density at radius 2 is 1.63 bits per heavy atom. The first kappa shape index (κ1) is 20.3. The predicted octanol–water partition coefficient (Wildman–Crippen LogP) is 3.25. The van der Waals surface area contributed by atoms with Crippen LogP contribution in [0.4, 0.5) is 5.69 Å². The number of rotatable bonds is 7. The van der Waals surface area contributed by atoms with Gasteiger partial charge in [0.1, 0.15) is 5.75 Å². The van der Waals surface area contributed by atoms with Crippen LogP contribution in [-0.2, 0) is 6.54 Å². The molecular weight excluding hydrogens is 376 g/mol. The van der Waals surface area contributed by atoms with Crippen molar-refractivity contribution in [2.45, 2.75) is 26.4 Å². The van der Waals surface area contributed by atoms with Crippen LogP contribution in [0.15, 0.2) is 54.6 Å². The first-order valence-corrected chi connectivity index (χ1v) is 10.6. The van der Waals surface area contributed by atoms with E-state index in [9.17, 15) is 0 Å². The largest absolute Gasteiger partial charge is 0.495 e. The van der Waals surface area contributed by atoms with Gasteiger partial charge in [-0.2, -0.15) is 0 Å². The molecule has 7 nitrogen and oxygen atoms in total. The highest BCUT2D eigenvalue weighted by molar-refractivity contribution is 5.58. The summed E-state index contributed by atoms with van der Waals surface area (Å²) in [7, 11) is 1.73. The molecule has 1 aromatic heterocycles. The molecule has 0 radical (unpaired) electrons. The average Bonchev–Trinajstić information content (AvgIpc) is 3.22. The van der Waals surface area contributed by atoms with Crippen LogP contribution in [0.25, 0.3) is 0 Å². The second-order valence-electron chi connectivity index (χ2n) is 8.06. The molecule has 0 N–H and O–H groups in total. The number of para-hydroxylation sites is 2. The molecule has 1 saturated heterocycles. The van der Waals surface area contributed by atoms with Gasteiger partial charge in [0.15, 0.2) is 5.82 Å². The van der Waals surface area contributed by atoms with Gasteiger partial charge in [-0.25, -0.2) is 4.68 Å². The van der Waals surface area contributed by atoms with Gasteiger partial charge in [0.25, 0.3) is 0 Å². The number of tetrazole rings is 1. The van der Waals surface area contributed by atoms with Crippen LogP contribution in [0.1, 0.15) is 31.3 Å². The van der Waals surface area contributed by atoms with E-state index >= 15 is 0 Å². The zero-order chi connectivity index (χ0) is 20.9. The maximum Gasteiger partial charge on any atom is 0.169 e. The molecule has 158 valence electrons. The van der Waals surface area contributed by atoms with Crippen LogP contribution in [0, 0.1) is 5.92 Å². The zero-order valence-electron chi connectivity index (χ0n) is 18.0. The van der Waals surface area contributed by atoms with E-state index < -0.39 is 0 Å². The van der Waals surface area contributed by atoms with Crippen LogP contribution in [0.5, 0.6) is 5.75 Å². The fourth-order valence-electron chi connectivity index (χ4n) is 4.31. The van der Waals surface area contributed by atoms with Crippen LogP contribution in [0.3, 0.4) is 0 Å². The van der Waals surface area contributed by atoms with Crippen molar-refractivity contribution in [2.24, 2.45) is 5.92 Å². The smallest absolute Gasteiger partial charge is 0.169 e. The molecule has 0 spiro atoms. The van der Waals surface area contributed by atoms with Gasteiger partial charge >= 0.3 is 0 Å². The average molecular weight is 407 g/mol. The fourth-order valence-corrected chi connectivity index (χ4v) is 4.31. The van der Waals surface area contributed by atoms with Gasteiger partial charge in [-0.3, -0.25) is 4.90 Å². The number of methoxy groups -OCH3 is 1. The molecule has 1 atom stereocenters. The second kappa shape index (κ2) is 9.26. The summed E-state index contributed by atoms with van der Waals surface area (Å²) in [6, 6.07) is 18.8. The molecule has 3 aromatic rings. The Morgan fingerprint density at radius 3 is 2.33 bits per heavy atom. The summed E-state index contributed by atoms with van der Waals surface area (Å²) in [5, 5.41) is 12.7. The van der Waals surface area contributed by atoms with Crippen molar-refractivity contribution in [3.8, 4) is 5.75 Å². The van der Waals surface area contributed by atoms with Crippen molar-refractivity contribution < 1.29 is 4.74 Å². The van der Waals surface area contributed by atoms with Gasteiger partial charge in [0.2, 0.25) is 0 Å². The lowest BCUT2D eigenvalue weighted by Gasteiger charge is -2.41. The first-order valence-electron chi connectivity index (χ1n) is 10.6. The Labute approximate surface area is 178 Å². The minimum Gasteiger partial charge on any atom is -0.495 e. The van der Waals surface area contributed by atoms with Gasteiger partial charge in [-0.15, -0.1) is 5.10 Å². The summed E-state index contributed by atoms with van der Waals surface area (Å²) in [6.45, 7) is 9.00. The third-order valence-corrected chi connectivity index (χ3v) is 5.76. The van der Waals surface area contributed by atoms with E-state index in [-0.39, 0.29) is 6.04 Å². The van der Waals surface area contributed by atoms with E-state index in [2.05, 4.69) is 75.6 Å². The monoisotopic (exact) mass is 406 g/mol. The number of hydrogen-bond acceptors (Lipinski definition) is 6. The Bertz CT molecular complexity index is 934. The zero-order valence-corrected chi connectivity index (χ0v) is 18.0. The molecule has 2 heterocycles. The summed E-state index contributed by atoms with van der Waals surface area (Å²) in [5.41, 5.74) is 2.37. The number of anilines is 1. The molecule has 0 unspecified atom stereocenters. The van der Waals surface area contributed by atoms with Crippen molar-refractivity contribution in [1.82, 2.24) is 25.1 Å². The van der Waals surface area contributed by atoms with Crippen LogP contribution in [0.2, 0.25) is 0 Å². The highest BCUT2D eigenvalue weighted by Crippen LogP contribution is 2.32. The predicted molar refractivity (Wildman–Crippen MR) is 118 cm³/mol. The standard InChI is InChI=1S/C23H30N6O/c1-18(2)22(23-24-25-26-29(23)17-19-9-5-4-6-10-19)28-15-13-27(14-16-28)20-11-7-8-12-21(20)30-3/h4-12,18,22H,13-17H2,1-3H3/t22-/m1/s1. The van der Waals surface area contributed by atoms with Gasteiger partial charge in [0.05, 0.1) is 25.4 Å². The Kier molecular flexibility index (Phi) is 6.28. The van der Waals surface area contributed by atoms with Crippen molar-refractivity contribution in [3.05, 3.63) is 66.0 Å². The molecule has 1 fully saturated rings. The Hall–Kier alpha value is -2.93. The molecule has 1 aliphatic heterocycles. The molecule has 0 saturated carbocycles. The van der Waals surface area contributed by atoms with Crippen LogP contribution in [-0.4, -0.2) is 58.4 Å². The van der Waals surface area contributed by atoms with Crippen LogP contribution >= 0.6 is 0 Å². The summed E-state index contributed by atoms with van der Waals surface area (Å²) >= 11 is 0. The number of aromatic nitrogens is 4. The van der Waals surface area contributed by atoms with E-state index in [1.54, 1.807) is 7.11 Å². The van der Waals surface area contributed by atoms with Crippen molar-refractivity contribution >= 4 is 5.69 Å². The minimum absolute atomic E-state index is 0.184. The summed E-state index contributed by atoms with van der Waals surface area (Å²) in [4.78, 5) is 4.92. The molecule has 0 bridgehead atoms. The van der Waals surface area contributed by atoms with Gasteiger partial charge < -0.3 is 9.64 Å². The third kappa shape index (κ3) is 4.31. The van der Waals surface area contributed by atoms with E-state index in [4.69, 9.17) is 4.74 Å². The van der Waals surface area contributed by atoms with Gasteiger partial charge in [0, 0.05) is 26.2 Å². The van der Waals surface area contributed by atoms with Crippen molar-refractivity contribution in [2.75, 3.05) is 38.2 Å². The third-order valence-electron chi connectivity index (χ3n) is 5.76. The Balaban J connectivity index is 1.50. The number of benzene rings is 2. The molecule has 30 heavy (non-hydrogen) atoms. The fraction of sp³-hybridized carbons (Fsp3) is 0.435. The number of hydrogen-bond donors (Lipinski definition) is 0. The minimum atomic E-state index is 0.184. The number of ether oxygens (including phenoxy) is 1. The lowest BCUT2D eigenvalue weighted by atomic mass is 10.0. The van der Waals surface area contributed by atoms with Crippen molar-refractivity contribution in [1.29, 1.82) is 0 Å². The lowest BCUT2D eigenvalue weighted by Crippen LogP contribution is -2.49. The molecule has 0 aliphatic carbocycles. The number of nitrogens with zero attached hydrogens (tertiary/aromatic N) is 6.